The van der Waals surface area contributed by atoms with Crippen molar-refractivity contribution in [1.29, 1.82) is 0 Å². The van der Waals surface area contributed by atoms with Crippen LogP contribution in [0.2, 0.25) is 0 Å². The molecule has 1 aliphatic rings. The van der Waals surface area contributed by atoms with E-state index in [-0.39, 0.29) is 19.3 Å². The van der Waals surface area contributed by atoms with Gasteiger partial charge < -0.3 is 15.5 Å². The molecule has 96 valence electrons. The molecule has 0 bridgehead atoms. The third kappa shape index (κ3) is 4.04. The van der Waals surface area contributed by atoms with Crippen LogP contribution in [0.4, 0.5) is 0 Å². The second-order valence-electron chi connectivity index (χ2n) is 6.14. The van der Waals surface area contributed by atoms with Crippen molar-refractivity contribution in [2.75, 3.05) is 13.2 Å². The van der Waals surface area contributed by atoms with Gasteiger partial charge in [0.05, 0.1) is 19.3 Å². The van der Waals surface area contributed by atoms with Crippen LogP contribution in [-0.4, -0.2) is 35.5 Å². The van der Waals surface area contributed by atoms with Crippen molar-refractivity contribution in [3.8, 4) is 0 Å². The van der Waals surface area contributed by atoms with E-state index in [0.29, 0.717) is 11.5 Å². The Morgan fingerprint density at radius 1 is 1.06 bits per heavy atom. The van der Waals surface area contributed by atoms with Crippen LogP contribution in [0.25, 0.3) is 0 Å². The van der Waals surface area contributed by atoms with Crippen molar-refractivity contribution in [3.63, 3.8) is 0 Å². The van der Waals surface area contributed by atoms with Crippen LogP contribution in [0.1, 0.15) is 46.5 Å². The van der Waals surface area contributed by atoms with Crippen LogP contribution in [0.5, 0.6) is 0 Å². The molecule has 1 rings (SSSR count). The monoisotopic (exact) mass is 229 g/mol. The van der Waals surface area contributed by atoms with E-state index < -0.39 is 0 Å². The molecule has 0 saturated heterocycles. The number of hydrogen-bond acceptors (Lipinski definition) is 3. The van der Waals surface area contributed by atoms with Crippen LogP contribution in [0.15, 0.2) is 0 Å². The summed E-state index contributed by atoms with van der Waals surface area (Å²) in [6.07, 6.45) is 4.84. The van der Waals surface area contributed by atoms with Crippen LogP contribution < -0.4 is 5.32 Å². The second kappa shape index (κ2) is 5.99. The van der Waals surface area contributed by atoms with Gasteiger partial charge in [-0.05, 0) is 37.0 Å². The molecular formula is C13H27NO2. The molecule has 0 aromatic carbocycles. The van der Waals surface area contributed by atoms with Crippen molar-refractivity contribution >= 4 is 0 Å². The highest BCUT2D eigenvalue weighted by atomic mass is 16.3. The topological polar surface area (TPSA) is 52.5 Å². The van der Waals surface area contributed by atoms with E-state index in [1.54, 1.807) is 0 Å². The number of rotatable bonds is 4. The molecule has 1 fully saturated rings. The maximum absolute atomic E-state index is 9.02. The zero-order chi connectivity index (χ0) is 12.2. The molecule has 3 heteroatoms. The minimum absolute atomic E-state index is 0.0235. The average molecular weight is 229 g/mol. The third-order valence-electron chi connectivity index (χ3n) is 3.86. The van der Waals surface area contributed by atoms with Crippen LogP contribution in [-0.2, 0) is 0 Å². The van der Waals surface area contributed by atoms with Gasteiger partial charge in [-0.1, -0.05) is 20.8 Å². The van der Waals surface area contributed by atoms with E-state index in [1.165, 1.54) is 25.7 Å². The highest BCUT2D eigenvalue weighted by Crippen LogP contribution is 2.37. The lowest BCUT2D eigenvalue weighted by atomic mass is 9.71. The summed E-state index contributed by atoms with van der Waals surface area (Å²) in [5, 5.41) is 21.4. The van der Waals surface area contributed by atoms with Gasteiger partial charge in [0.1, 0.15) is 0 Å². The van der Waals surface area contributed by atoms with Gasteiger partial charge >= 0.3 is 0 Å². The van der Waals surface area contributed by atoms with Crippen molar-refractivity contribution in [2.24, 2.45) is 11.3 Å². The number of aliphatic hydroxyl groups is 2. The van der Waals surface area contributed by atoms with Gasteiger partial charge in [-0.2, -0.15) is 0 Å². The summed E-state index contributed by atoms with van der Waals surface area (Å²) in [5.41, 5.74) is 0.415. The highest BCUT2D eigenvalue weighted by molar-refractivity contribution is 4.84. The minimum atomic E-state index is -0.142. The first-order chi connectivity index (χ1) is 7.47. The van der Waals surface area contributed by atoms with Crippen LogP contribution in [0, 0.1) is 11.3 Å². The summed E-state index contributed by atoms with van der Waals surface area (Å²) >= 11 is 0. The molecule has 0 unspecified atom stereocenters. The summed E-state index contributed by atoms with van der Waals surface area (Å²) in [4.78, 5) is 0. The van der Waals surface area contributed by atoms with Crippen molar-refractivity contribution in [2.45, 2.75) is 58.5 Å². The summed E-state index contributed by atoms with van der Waals surface area (Å²) in [7, 11) is 0. The van der Waals surface area contributed by atoms with E-state index >= 15 is 0 Å². The first-order valence-electron chi connectivity index (χ1n) is 6.45. The van der Waals surface area contributed by atoms with Gasteiger partial charge in [-0.15, -0.1) is 0 Å². The van der Waals surface area contributed by atoms with Crippen molar-refractivity contribution < 1.29 is 10.2 Å². The predicted octanol–water partition coefficient (Wildman–Crippen LogP) is 1.53. The Morgan fingerprint density at radius 3 is 1.94 bits per heavy atom. The fourth-order valence-electron chi connectivity index (χ4n) is 2.62. The van der Waals surface area contributed by atoms with Gasteiger partial charge in [0.25, 0.3) is 0 Å². The molecular weight excluding hydrogens is 202 g/mol. The first kappa shape index (κ1) is 13.9. The number of nitrogens with one attached hydrogen (secondary N) is 1. The summed E-state index contributed by atoms with van der Waals surface area (Å²) in [6.45, 7) is 6.99. The molecule has 3 N–H and O–H groups in total. The standard InChI is InChI=1S/C13H27NO2/c1-13(2,3)10-4-6-11(7-5-10)14-12(8-15)9-16/h10-12,14-16H,4-9H2,1-3H3. The Morgan fingerprint density at radius 2 is 1.56 bits per heavy atom. The number of hydrogen-bond donors (Lipinski definition) is 3. The number of aliphatic hydroxyl groups excluding tert-OH is 2. The molecule has 0 aliphatic heterocycles. The Kier molecular flexibility index (Phi) is 5.22. The zero-order valence-corrected chi connectivity index (χ0v) is 10.9. The SMILES string of the molecule is CC(C)(C)C1CCC(NC(CO)CO)CC1. The van der Waals surface area contributed by atoms with Gasteiger partial charge in [-0.3, -0.25) is 0 Å². The molecule has 0 amide bonds. The van der Waals surface area contributed by atoms with Gasteiger partial charge in [0.2, 0.25) is 0 Å². The van der Waals surface area contributed by atoms with E-state index in [4.69, 9.17) is 10.2 Å². The minimum Gasteiger partial charge on any atom is -0.395 e. The van der Waals surface area contributed by atoms with E-state index in [9.17, 15) is 0 Å². The molecule has 3 nitrogen and oxygen atoms in total. The Balaban J connectivity index is 2.32. The van der Waals surface area contributed by atoms with Gasteiger partial charge in [0, 0.05) is 6.04 Å². The second-order valence-corrected chi connectivity index (χ2v) is 6.14. The quantitative estimate of drug-likeness (QED) is 0.685. The summed E-state index contributed by atoms with van der Waals surface area (Å²) in [5.74, 6) is 0.812. The van der Waals surface area contributed by atoms with E-state index in [1.807, 2.05) is 0 Å². The maximum Gasteiger partial charge on any atom is 0.0607 e. The highest BCUT2D eigenvalue weighted by Gasteiger charge is 2.30. The fraction of sp³-hybridized carbons (Fsp3) is 1.00. The lowest BCUT2D eigenvalue weighted by Gasteiger charge is -2.38. The molecule has 1 aliphatic carbocycles. The third-order valence-corrected chi connectivity index (χ3v) is 3.86. The molecule has 16 heavy (non-hydrogen) atoms. The lowest BCUT2D eigenvalue weighted by Crippen LogP contribution is -2.45. The van der Waals surface area contributed by atoms with Gasteiger partial charge in [-0.25, -0.2) is 0 Å². The molecule has 1 saturated carbocycles. The largest absolute Gasteiger partial charge is 0.395 e. The van der Waals surface area contributed by atoms with Crippen molar-refractivity contribution in [1.82, 2.24) is 5.32 Å². The van der Waals surface area contributed by atoms with Gasteiger partial charge in [0.15, 0.2) is 0 Å². The van der Waals surface area contributed by atoms with Crippen molar-refractivity contribution in [3.05, 3.63) is 0 Å². The Bertz CT molecular complexity index is 189. The van der Waals surface area contributed by atoms with E-state index in [2.05, 4.69) is 26.1 Å². The van der Waals surface area contributed by atoms with Crippen LogP contribution >= 0.6 is 0 Å². The van der Waals surface area contributed by atoms with Crippen LogP contribution in [0.3, 0.4) is 0 Å². The lowest BCUT2D eigenvalue weighted by molar-refractivity contribution is 0.126. The Labute approximate surface area is 99.3 Å². The predicted molar refractivity (Wildman–Crippen MR) is 66.3 cm³/mol. The molecule has 0 atom stereocenters. The summed E-state index contributed by atoms with van der Waals surface area (Å²) < 4.78 is 0. The normalized spacial score (nSPS) is 27.4. The zero-order valence-electron chi connectivity index (χ0n) is 10.9. The molecule has 0 aromatic heterocycles. The Hall–Kier alpha value is -0.120. The van der Waals surface area contributed by atoms with E-state index in [0.717, 1.165) is 5.92 Å². The first-order valence-corrected chi connectivity index (χ1v) is 6.45. The molecule has 0 radical (unpaired) electrons. The molecule has 0 aromatic rings. The molecule has 0 heterocycles. The smallest absolute Gasteiger partial charge is 0.0607 e. The molecule has 0 spiro atoms. The fourth-order valence-corrected chi connectivity index (χ4v) is 2.62. The summed E-state index contributed by atoms with van der Waals surface area (Å²) in [6, 6.07) is 0.332. The average Bonchev–Trinajstić information content (AvgIpc) is 2.25. The maximum atomic E-state index is 9.02.